The number of nitrogens with one attached hydrogen (secondary N) is 1. The number of hydrogen-bond acceptors (Lipinski definition) is 3. The van der Waals surface area contributed by atoms with Crippen molar-refractivity contribution in [3.63, 3.8) is 0 Å². The lowest BCUT2D eigenvalue weighted by Gasteiger charge is -2.15. The summed E-state index contributed by atoms with van der Waals surface area (Å²) >= 11 is 0. The van der Waals surface area contributed by atoms with Crippen molar-refractivity contribution >= 4 is 11.7 Å². The van der Waals surface area contributed by atoms with Crippen LogP contribution in [0, 0.1) is 0 Å². The molecule has 1 atom stereocenters. The quantitative estimate of drug-likeness (QED) is 0.785. The van der Waals surface area contributed by atoms with Gasteiger partial charge in [-0.1, -0.05) is 19.6 Å². The highest BCUT2D eigenvalue weighted by molar-refractivity contribution is 5.86. The lowest BCUT2D eigenvalue weighted by molar-refractivity contribution is -0.116. The predicted octanol–water partition coefficient (Wildman–Crippen LogP) is 1.55. The van der Waals surface area contributed by atoms with E-state index in [0.29, 0.717) is 6.54 Å². The van der Waals surface area contributed by atoms with Gasteiger partial charge in [0.25, 0.3) is 0 Å². The van der Waals surface area contributed by atoms with Crippen molar-refractivity contribution in [3.05, 3.63) is 36.5 Å². The van der Waals surface area contributed by atoms with Gasteiger partial charge in [-0.05, 0) is 23.6 Å². The molecule has 1 aromatic rings. The van der Waals surface area contributed by atoms with Crippen LogP contribution in [0.4, 0.5) is 5.82 Å². The Labute approximate surface area is 102 Å². The summed E-state index contributed by atoms with van der Waals surface area (Å²) in [5.41, 5.74) is 1.11. The van der Waals surface area contributed by atoms with Gasteiger partial charge in [-0.3, -0.25) is 4.79 Å². The molecule has 0 radical (unpaired) electrons. The van der Waals surface area contributed by atoms with E-state index < -0.39 is 0 Å². The molecule has 17 heavy (non-hydrogen) atoms. The molecule has 0 spiro atoms. The molecule has 0 saturated carbocycles. The molecule has 1 heterocycles. The molecule has 0 aliphatic heterocycles. The molecule has 4 heteroatoms. The Hall–Kier alpha value is -1.84. The first-order valence-electron chi connectivity index (χ1n) is 5.58. The van der Waals surface area contributed by atoms with E-state index in [1.807, 2.05) is 37.3 Å². The number of amides is 1. The Kier molecular flexibility index (Phi) is 4.69. The number of rotatable bonds is 5. The highest BCUT2D eigenvalue weighted by Gasteiger charge is 2.07. The third kappa shape index (κ3) is 3.90. The first-order valence-corrected chi connectivity index (χ1v) is 5.58. The lowest BCUT2D eigenvalue weighted by atomic mass is 10.0. The van der Waals surface area contributed by atoms with Gasteiger partial charge in [0.2, 0.25) is 5.91 Å². The highest BCUT2D eigenvalue weighted by Crippen LogP contribution is 2.15. The second-order valence-corrected chi connectivity index (χ2v) is 4.19. The Morgan fingerprint density at radius 3 is 2.76 bits per heavy atom. The number of pyridine rings is 1. The van der Waals surface area contributed by atoms with Crippen LogP contribution in [-0.2, 0) is 4.79 Å². The maximum atomic E-state index is 11.0. The molecule has 1 rings (SSSR count). The molecule has 0 aromatic carbocycles. The van der Waals surface area contributed by atoms with Crippen molar-refractivity contribution in [1.29, 1.82) is 0 Å². The molecular formula is C13H19N3O. The smallest absolute Gasteiger partial charge is 0.243 e. The molecule has 1 unspecified atom stereocenters. The average molecular weight is 233 g/mol. The normalized spacial score (nSPS) is 11.7. The molecule has 1 amide bonds. The molecule has 0 saturated heterocycles. The Morgan fingerprint density at radius 1 is 1.59 bits per heavy atom. The number of carbonyl (C=O) groups excluding carboxylic acids is 1. The van der Waals surface area contributed by atoms with Crippen LogP contribution in [0.3, 0.4) is 0 Å². The van der Waals surface area contributed by atoms with Gasteiger partial charge in [0.1, 0.15) is 5.82 Å². The predicted molar refractivity (Wildman–Crippen MR) is 70.2 cm³/mol. The molecule has 1 aromatic heterocycles. The summed E-state index contributed by atoms with van der Waals surface area (Å²) in [6.45, 7) is 6.05. The number of carbonyl (C=O) groups is 1. The fourth-order valence-corrected chi connectivity index (χ4v) is 1.40. The van der Waals surface area contributed by atoms with E-state index >= 15 is 0 Å². The highest BCUT2D eigenvalue weighted by atomic mass is 16.1. The summed E-state index contributed by atoms with van der Waals surface area (Å²) in [6.07, 6.45) is 3.13. The van der Waals surface area contributed by atoms with Crippen LogP contribution in [0.5, 0.6) is 0 Å². The molecule has 4 nitrogen and oxygen atoms in total. The van der Waals surface area contributed by atoms with Crippen LogP contribution >= 0.6 is 0 Å². The monoisotopic (exact) mass is 233 g/mol. The van der Waals surface area contributed by atoms with Crippen molar-refractivity contribution < 1.29 is 4.79 Å². The third-order valence-corrected chi connectivity index (χ3v) is 2.57. The zero-order chi connectivity index (χ0) is 12.8. The first-order chi connectivity index (χ1) is 8.04. The van der Waals surface area contributed by atoms with Crippen molar-refractivity contribution in [2.75, 3.05) is 25.5 Å². The van der Waals surface area contributed by atoms with Gasteiger partial charge in [0.05, 0.1) is 0 Å². The van der Waals surface area contributed by atoms with Crippen LogP contribution in [0.15, 0.2) is 31.0 Å². The van der Waals surface area contributed by atoms with Gasteiger partial charge < -0.3 is 10.2 Å². The van der Waals surface area contributed by atoms with Gasteiger partial charge in [-0.2, -0.15) is 0 Å². The Bertz CT molecular complexity index is 384. The molecular weight excluding hydrogens is 214 g/mol. The van der Waals surface area contributed by atoms with Crippen LogP contribution in [0.1, 0.15) is 18.4 Å². The maximum Gasteiger partial charge on any atom is 0.243 e. The van der Waals surface area contributed by atoms with Crippen LogP contribution in [0.2, 0.25) is 0 Å². The third-order valence-electron chi connectivity index (χ3n) is 2.57. The minimum atomic E-state index is -0.144. The second kappa shape index (κ2) is 6.03. The second-order valence-electron chi connectivity index (χ2n) is 4.19. The fraction of sp³-hybridized carbons (Fsp3) is 0.385. The van der Waals surface area contributed by atoms with Crippen LogP contribution in [0.25, 0.3) is 0 Å². The standard InChI is InChI=1S/C13H19N3O/c1-5-13(17)15-8-10(2)11-6-7-12(14-9-11)16(3)4/h5-7,9-10H,1,8H2,2-4H3,(H,15,17). The van der Waals surface area contributed by atoms with Crippen molar-refractivity contribution in [1.82, 2.24) is 10.3 Å². The van der Waals surface area contributed by atoms with E-state index in [9.17, 15) is 4.79 Å². The summed E-state index contributed by atoms with van der Waals surface area (Å²) in [5.74, 6) is 1.02. The number of hydrogen-bond donors (Lipinski definition) is 1. The fourth-order valence-electron chi connectivity index (χ4n) is 1.40. The summed E-state index contributed by atoms with van der Waals surface area (Å²) in [6, 6.07) is 4.01. The number of nitrogens with zero attached hydrogens (tertiary/aromatic N) is 2. The molecule has 0 aliphatic carbocycles. The topological polar surface area (TPSA) is 45.2 Å². The van der Waals surface area contributed by atoms with E-state index in [4.69, 9.17) is 0 Å². The maximum absolute atomic E-state index is 11.0. The van der Waals surface area contributed by atoms with E-state index in [1.165, 1.54) is 6.08 Å². The summed E-state index contributed by atoms with van der Waals surface area (Å²) in [5, 5.41) is 2.77. The first kappa shape index (κ1) is 13.2. The van der Waals surface area contributed by atoms with E-state index in [0.717, 1.165) is 11.4 Å². The lowest BCUT2D eigenvalue weighted by Crippen LogP contribution is -2.25. The van der Waals surface area contributed by atoms with E-state index in [2.05, 4.69) is 23.8 Å². The zero-order valence-electron chi connectivity index (χ0n) is 10.6. The Morgan fingerprint density at radius 2 is 2.29 bits per heavy atom. The van der Waals surface area contributed by atoms with Gasteiger partial charge in [0, 0.05) is 26.8 Å². The number of aromatic nitrogens is 1. The SMILES string of the molecule is C=CC(=O)NCC(C)c1ccc(N(C)C)nc1. The van der Waals surface area contributed by atoms with Crippen LogP contribution in [-0.4, -0.2) is 31.5 Å². The van der Waals surface area contributed by atoms with E-state index in [1.54, 1.807) is 0 Å². The van der Waals surface area contributed by atoms with Crippen molar-refractivity contribution in [3.8, 4) is 0 Å². The van der Waals surface area contributed by atoms with Crippen LogP contribution < -0.4 is 10.2 Å². The van der Waals surface area contributed by atoms with Gasteiger partial charge in [0.15, 0.2) is 0 Å². The number of anilines is 1. The minimum absolute atomic E-state index is 0.144. The molecule has 1 N–H and O–H groups in total. The largest absolute Gasteiger partial charge is 0.363 e. The molecule has 92 valence electrons. The molecule has 0 fully saturated rings. The van der Waals surface area contributed by atoms with Crippen molar-refractivity contribution in [2.45, 2.75) is 12.8 Å². The summed E-state index contributed by atoms with van der Waals surface area (Å²) < 4.78 is 0. The molecule has 0 aliphatic rings. The Balaban J connectivity index is 2.60. The van der Waals surface area contributed by atoms with Gasteiger partial charge in [-0.25, -0.2) is 4.98 Å². The van der Waals surface area contributed by atoms with E-state index in [-0.39, 0.29) is 11.8 Å². The summed E-state index contributed by atoms with van der Waals surface area (Å²) in [4.78, 5) is 17.3. The van der Waals surface area contributed by atoms with Crippen molar-refractivity contribution in [2.24, 2.45) is 0 Å². The minimum Gasteiger partial charge on any atom is -0.363 e. The van der Waals surface area contributed by atoms with Gasteiger partial charge in [-0.15, -0.1) is 0 Å². The summed E-state index contributed by atoms with van der Waals surface area (Å²) in [7, 11) is 3.91. The average Bonchev–Trinajstić information content (AvgIpc) is 2.35. The zero-order valence-corrected chi connectivity index (χ0v) is 10.6. The molecule has 0 bridgehead atoms. The van der Waals surface area contributed by atoms with Gasteiger partial charge >= 0.3 is 0 Å².